The van der Waals surface area contributed by atoms with E-state index in [1.165, 1.54) is 43.6 Å². The number of benzene rings is 3. The molecule has 0 spiro atoms. The maximum atomic E-state index is 15.1. The first kappa shape index (κ1) is 24.9. The van der Waals surface area contributed by atoms with Gasteiger partial charge in [-0.25, -0.2) is 19.2 Å². The SMILES string of the molecule is COc1cnc2ccc(C(=O)c3cccc(NC(=O)Nc4ccc(C(F)(F)F)c(Cl)c4)c3F)cc2n1. The summed E-state index contributed by atoms with van der Waals surface area (Å²) >= 11 is 5.65. The zero-order chi connectivity index (χ0) is 26.0. The quantitative estimate of drug-likeness (QED) is 0.238. The van der Waals surface area contributed by atoms with Crippen LogP contribution in [0.2, 0.25) is 5.02 Å². The highest BCUT2D eigenvalue weighted by Gasteiger charge is 2.33. The smallest absolute Gasteiger partial charge is 0.417 e. The van der Waals surface area contributed by atoms with E-state index in [1.807, 2.05) is 0 Å². The summed E-state index contributed by atoms with van der Waals surface area (Å²) in [5.74, 6) is -1.43. The fourth-order valence-electron chi connectivity index (χ4n) is 3.30. The summed E-state index contributed by atoms with van der Waals surface area (Å²) in [5, 5.41) is 3.89. The summed E-state index contributed by atoms with van der Waals surface area (Å²) in [7, 11) is 1.42. The summed E-state index contributed by atoms with van der Waals surface area (Å²) in [6.07, 6.45) is -3.24. The van der Waals surface area contributed by atoms with Crippen molar-refractivity contribution in [1.82, 2.24) is 9.97 Å². The van der Waals surface area contributed by atoms with Crippen molar-refractivity contribution in [2.75, 3.05) is 17.7 Å². The lowest BCUT2D eigenvalue weighted by molar-refractivity contribution is -0.137. The molecule has 0 saturated heterocycles. The van der Waals surface area contributed by atoms with Crippen LogP contribution in [0.25, 0.3) is 11.0 Å². The minimum absolute atomic E-state index is 0.0501. The lowest BCUT2D eigenvalue weighted by Crippen LogP contribution is -2.21. The molecule has 0 fully saturated rings. The molecule has 3 aromatic carbocycles. The van der Waals surface area contributed by atoms with Crippen molar-refractivity contribution >= 4 is 45.8 Å². The van der Waals surface area contributed by atoms with Crippen LogP contribution in [0.1, 0.15) is 21.5 Å². The topological polar surface area (TPSA) is 93.2 Å². The van der Waals surface area contributed by atoms with Gasteiger partial charge in [0, 0.05) is 11.3 Å². The van der Waals surface area contributed by atoms with Gasteiger partial charge in [0.2, 0.25) is 5.88 Å². The highest BCUT2D eigenvalue weighted by Crippen LogP contribution is 2.36. The van der Waals surface area contributed by atoms with Gasteiger partial charge in [0.1, 0.15) is 0 Å². The average Bonchev–Trinajstić information content (AvgIpc) is 2.83. The molecule has 184 valence electrons. The zero-order valence-corrected chi connectivity index (χ0v) is 19.0. The maximum Gasteiger partial charge on any atom is 0.417 e. The molecule has 4 aromatic rings. The molecular weight excluding hydrogens is 504 g/mol. The number of hydrogen-bond donors (Lipinski definition) is 2. The molecule has 36 heavy (non-hydrogen) atoms. The maximum absolute atomic E-state index is 15.1. The molecule has 0 aliphatic carbocycles. The second-order valence-electron chi connectivity index (χ2n) is 7.38. The molecule has 2 amide bonds. The van der Waals surface area contributed by atoms with Gasteiger partial charge in [0.25, 0.3) is 0 Å². The van der Waals surface area contributed by atoms with Crippen LogP contribution in [0.4, 0.5) is 33.7 Å². The summed E-state index contributed by atoms with van der Waals surface area (Å²) in [6, 6.07) is 9.96. The van der Waals surface area contributed by atoms with Gasteiger partial charge in [-0.1, -0.05) is 17.7 Å². The van der Waals surface area contributed by atoms with Crippen molar-refractivity contribution in [2.45, 2.75) is 6.18 Å². The number of carbonyl (C=O) groups excluding carboxylic acids is 2. The van der Waals surface area contributed by atoms with Gasteiger partial charge in [-0.15, -0.1) is 0 Å². The number of alkyl halides is 3. The van der Waals surface area contributed by atoms with E-state index in [0.717, 1.165) is 12.1 Å². The van der Waals surface area contributed by atoms with Crippen LogP contribution in [0.15, 0.2) is 60.8 Å². The van der Waals surface area contributed by atoms with Crippen LogP contribution >= 0.6 is 11.6 Å². The molecule has 0 saturated carbocycles. The number of carbonyl (C=O) groups is 2. The number of methoxy groups -OCH3 is 1. The fraction of sp³-hybridized carbons (Fsp3) is 0.0833. The minimum atomic E-state index is -4.66. The number of ether oxygens (including phenoxy) is 1. The van der Waals surface area contributed by atoms with Crippen LogP contribution in [-0.2, 0) is 6.18 Å². The molecule has 2 N–H and O–H groups in total. The van der Waals surface area contributed by atoms with E-state index in [2.05, 4.69) is 20.6 Å². The van der Waals surface area contributed by atoms with Crippen molar-refractivity contribution in [3.8, 4) is 5.88 Å². The Kier molecular flexibility index (Phi) is 6.75. The second-order valence-corrected chi connectivity index (χ2v) is 7.79. The normalized spacial score (nSPS) is 11.3. The molecular formula is C24H15ClF4N4O3. The standard InChI is InChI=1S/C24H15ClF4N4O3/c1-36-20-11-30-17-8-5-12(9-19(17)32-20)22(34)14-3-2-4-18(21(14)26)33-23(35)31-13-6-7-15(16(25)10-13)24(27,28)29/h2-11H,1H3,(H2,31,33,35). The molecule has 12 heteroatoms. The third-order valence-corrected chi connectivity index (χ3v) is 5.33. The lowest BCUT2D eigenvalue weighted by atomic mass is 10.0. The third-order valence-electron chi connectivity index (χ3n) is 5.02. The van der Waals surface area contributed by atoms with Crippen molar-refractivity contribution in [3.05, 3.63) is 88.3 Å². The Balaban J connectivity index is 1.54. The largest absolute Gasteiger partial charge is 0.480 e. The zero-order valence-electron chi connectivity index (χ0n) is 18.3. The number of anilines is 2. The van der Waals surface area contributed by atoms with Crippen LogP contribution in [-0.4, -0.2) is 28.9 Å². The predicted octanol–water partition coefficient (Wildman–Crippen LogP) is 6.32. The second kappa shape index (κ2) is 9.78. The predicted molar refractivity (Wildman–Crippen MR) is 125 cm³/mol. The number of fused-ring (bicyclic) bond motifs is 1. The molecule has 0 radical (unpaired) electrons. The van der Waals surface area contributed by atoms with Gasteiger partial charge < -0.3 is 15.4 Å². The summed E-state index contributed by atoms with van der Waals surface area (Å²) in [5.41, 5.74) is -0.756. The lowest BCUT2D eigenvalue weighted by Gasteiger charge is -2.13. The number of halogens is 5. The van der Waals surface area contributed by atoms with Crippen molar-refractivity contribution in [2.24, 2.45) is 0 Å². The van der Waals surface area contributed by atoms with E-state index in [9.17, 15) is 22.8 Å². The molecule has 1 heterocycles. The van der Waals surface area contributed by atoms with Crippen LogP contribution in [0.3, 0.4) is 0 Å². The number of ketones is 1. The summed E-state index contributed by atoms with van der Waals surface area (Å²) in [4.78, 5) is 33.7. The van der Waals surface area contributed by atoms with E-state index in [0.29, 0.717) is 17.1 Å². The van der Waals surface area contributed by atoms with Gasteiger partial charge in [0.15, 0.2) is 11.6 Å². The van der Waals surface area contributed by atoms with Gasteiger partial charge in [-0.2, -0.15) is 13.2 Å². The fourth-order valence-corrected chi connectivity index (χ4v) is 3.59. The molecule has 7 nitrogen and oxygen atoms in total. The molecule has 0 bridgehead atoms. The molecule has 4 rings (SSSR count). The number of urea groups is 1. The van der Waals surface area contributed by atoms with E-state index < -0.39 is 34.4 Å². The van der Waals surface area contributed by atoms with E-state index >= 15 is 4.39 Å². The number of rotatable bonds is 5. The summed E-state index contributed by atoms with van der Waals surface area (Å²) in [6.45, 7) is 0. The first-order chi connectivity index (χ1) is 17.1. The average molecular weight is 519 g/mol. The first-order valence-electron chi connectivity index (χ1n) is 10.2. The Morgan fingerprint density at radius 3 is 2.47 bits per heavy atom. The minimum Gasteiger partial charge on any atom is -0.480 e. The number of nitrogens with zero attached hydrogens (tertiary/aromatic N) is 2. The van der Waals surface area contributed by atoms with Gasteiger partial charge in [0.05, 0.1) is 46.2 Å². The Hall–Kier alpha value is -4.25. The van der Waals surface area contributed by atoms with E-state index in [-0.39, 0.29) is 28.4 Å². The molecule has 0 aliphatic rings. The Labute approximate surface area is 206 Å². The third kappa shape index (κ3) is 5.20. The van der Waals surface area contributed by atoms with Crippen LogP contribution < -0.4 is 15.4 Å². The molecule has 0 atom stereocenters. The molecule has 0 unspecified atom stereocenters. The van der Waals surface area contributed by atoms with Gasteiger partial charge in [-0.3, -0.25) is 4.79 Å². The number of hydrogen-bond acceptors (Lipinski definition) is 5. The van der Waals surface area contributed by atoms with Gasteiger partial charge in [-0.05, 0) is 48.5 Å². The van der Waals surface area contributed by atoms with Crippen molar-refractivity contribution in [1.29, 1.82) is 0 Å². The number of aromatic nitrogens is 2. The van der Waals surface area contributed by atoms with E-state index in [4.69, 9.17) is 16.3 Å². The monoisotopic (exact) mass is 518 g/mol. The molecule has 0 aliphatic heterocycles. The van der Waals surface area contributed by atoms with Crippen LogP contribution in [0, 0.1) is 5.82 Å². The first-order valence-corrected chi connectivity index (χ1v) is 10.5. The van der Waals surface area contributed by atoms with Gasteiger partial charge >= 0.3 is 12.2 Å². The Morgan fingerprint density at radius 1 is 1.00 bits per heavy atom. The highest BCUT2D eigenvalue weighted by atomic mass is 35.5. The number of amides is 2. The Bertz CT molecular complexity index is 1490. The van der Waals surface area contributed by atoms with E-state index in [1.54, 1.807) is 6.07 Å². The summed E-state index contributed by atoms with van der Waals surface area (Å²) < 4.78 is 58.7. The highest BCUT2D eigenvalue weighted by molar-refractivity contribution is 6.31. The Morgan fingerprint density at radius 2 is 1.78 bits per heavy atom. The van der Waals surface area contributed by atoms with Crippen LogP contribution in [0.5, 0.6) is 5.88 Å². The number of nitrogens with one attached hydrogen (secondary N) is 2. The molecule has 1 aromatic heterocycles. The van der Waals surface area contributed by atoms with Crippen molar-refractivity contribution < 1.29 is 31.9 Å². The van der Waals surface area contributed by atoms with Crippen molar-refractivity contribution in [3.63, 3.8) is 0 Å².